The lowest BCUT2D eigenvalue weighted by Crippen LogP contribution is -2.46. The summed E-state index contributed by atoms with van der Waals surface area (Å²) in [6.45, 7) is 6.96. The Balaban J connectivity index is 1.51. The molecule has 33 heavy (non-hydrogen) atoms. The number of carbonyl (C=O) groups excluding carboxylic acids is 2. The van der Waals surface area contributed by atoms with Gasteiger partial charge >= 0.3 is 0 Å². The molecule has 4 rings (SSSR count). The first kappa shape index (κ1) is 23.0. The van der Waals surface area contributed by atoms with Gasteiger partial charge in [0.05, 0.1) is 6.04 Å². The molecule has 0 N–H and O–H groups in total. The van der Waals surface area contributed by atoms with Gasteiger partial charge in [0.15, 0.2) is 0 Å². The molecule has 170 valence electrons. The van der Waals surface area contributed by atoms with Crippen LogP contribution in [0.15, 0.2) is 78.7 Å². The maximum Gasteiger partial charge on any atom is 0.243 e. The molecular weight excluding hydrogens is 428 g/mol. The van der Waals surface area contributed by atoms with Gasteiger partial charge in [0.1, 0.15) is 6.54 Å². The normalized spacial score (nSPS) is 15.1. The summed E-state index contributed by atoms with van der Waals surface area (Å²) in [6.07, 6.45) is 3.58. The lowest BCUT2D eigenvalue weighted by molar-refractivity contribution is -0.141. The number of amides is 2. The van der Waals surface area contributed by atoms with E-state index in [2.05, 4.69) is 49.2 Å². The molecule has 1 unspecified atom stereocenters. The Labute approximate surface area is 200 Å². The second kappa shape index (κ2) is 10.6. The average molecular weight is 459 g/mol. The summed E-state index contributed by atoms with van der Waals surface area (Å²) in [5.74, 6) is -0.0421. The Morgan fingerprint density at radius 1 is 1.12 bits per heavy atom. The fourth-order valence-corrected chi connectivity index (χ4v) is 5.32. The minimum absolute atomic E-state index is 0.0210. The van der Waals surface area contributed by atoms with E-state index in [0.717, 1.165) is 17.5 Å². The largest absolute Gasteiger partial charge is 0.330 e. The molecule has 3 aromatic rings. The van der Waals surface area contributed by atoms with Crippen molar-refractivity contribution in [1.82, 2.24) is 9.80 Å². The van der Waals surface area contributed by atoms with E-state index < -0.39 is 0 Å². The third-order valence-electron chi connectivity index (χ3n) is 6.18. The van der Waals surface area contributed by atoms with Crippen molar-refractivity contribution in [2.24, 2.45) is 0 Å². The molecule has 0 saturated heterocycles. The standard InChI is InChI=1S/C28H30N2O2S/c1-3-17-29(26(31)14-11-22-7-5-4-6-8-22)20-27(32)30-18-15-25-24(16-19-33-25)28(30)23-12-9-21(2)10-13-23/h3-10,12-13,16,19,28H,1,11,14-15,17-18,20H2,2H3. The summed E-state index contributed by atoms with van der Waals surface area (Å²) in [5.41, 5.74) is 4.63. The predicted octanol–water partition coefficient (Wildman–Crippen LogP) is 5.18. The zero-order valence-corrected chi connectivity index (χ0v) is 19.9. The van der Waals surface area contributed by atoms with Crippen molar-refractivity contribution in [2.45, 2.75) is 32.2 Å². The average Bonchev–Trinajstić information content (AvgIpc) is 3.32. The zero-order valence-electron chi connectivity index (χ0n) is 19.1. The number of hydrogen-bond donors (Lipinski definition) is 0. The van der Waals surface area contributed by atoms with Gasteiger partial charge in [-0.25, -0.2) is 0 Å². The number of benzene rings is 2. The fraction of sp³-hybridized carbons (Fsp3) is 0.286. The topological polar surface area (TPSA) is 40.6 Å². The molecule has 4 nitrogen and oxygen atoms in total. The van der Waals surface area contributed by atoms with Crippen molar-refractivity contribution < 1.29 is 9.59 Å². The molecular formula is C28H30N2O2S. The van der Waals surface area contributed by atoms with Crippen molar-refractivity contribution in [1.29, 1.82) is 0 Å². The molecule has 2 amide bonds. The van der Waals surface area contributed by atoms with E-state index in [1.165, 1.54) is 16.0 Å². The maximum atomic E-state index is 13.5. The van der Waals surface area contributed by atoms with Gasteiger partial charge in [-0.3, -0.25) is 9.59 Å². The van der Waals surface area contributed by atoms with E-state index in [1.54, 1.807) is 22.3 Å². The number of nitrogens with zero attached hydrogens (tertiary/aromatic N) is 2. The third kappa shape index (κ3) is 5.42. The smallest absolute Gasteiger partial charge is 0.243 e. The Morgan fingerprint density at radius 3 is 2.61 bits per heavy atom. The highest BCUT2D eigenvalue weighted by Gasteiger charge is 2.33. The van der Waals surface area contributed by atoms with Crippen molar-refractivity contribution >= 4 is 23.2 Å². The van der Waals surface area contributed by atoms with Gasteiger partial charge in [0, 0.05) is 24.4 Å². The molecule has 1 aliphatic rings. The first-order chi connectivity index (χ1) is 16.1. The summed E-state index contributed by atoms with van der Waals surface area (Å²) in [6, 6.07) is 20.4. The summed E-state index contributed by atoms with van der Waals surface area (Å²) in [4.78, 5) is 31.4. The van der Waals surface area contributed by atoms with Crippen LogP contribution < -0.4 is 0 Å². The van der Waals surface area contributed by atoms with Crippen LogP contribution in [0.4, 0.5) is 0 Å². The van der Waals surface area contributed by atoms with Crippen LogP contribution in [-0.4, -0.2) is 41.2 Å². The quantitative estimate of drug-likeness (QED) is 0.437. The van der Waals surface area contributed by atoms with Gasteiger partial charge in [0.25, 0.3) is 0 Å². The second-order valence-corrected chi connectivity index (χ2v) is 9.50. The molecule has 0 radical (unpaired) electrons. The Hall–Kier alpha value is -3.18. The van der Waals surface area contributed by atoms with E-state index in [9.17, 15) is 9.59 Å². The molecule has 0 saturated carbocycles. The van der Waals surface area contributed by atoms with Crippen molar-refractivity contribution in [3.63, 3.8) is 0 Å². The van der Waals surface area contributed by atoms with Crippen molar-refractivity contribution in [3.05, 3.63) is 106 Å². The number of rotatable bonds is 8. The van der Waals surface area contributed by atoms with Gasteiger partial charge in [0.2, 0.25) is 11.8 Å². The molecule has 2 heterocycles. The molecule has 1 aliphatic heterocycles. The molecule has 1 atom stereocenters. The minimum Gasteiger partial charge on any atom is -0.330 e. The van der Waals surface area contributed by atoms with Gasteiger partial charge < -0.3 is 9.80 Å². The molecule has 0 bridgehead atoms. The van der Waals surface area contributed by atoms with Crippen LogP contribution >= 0.6 is 11.3 Å². The highest BCUT2D eigenvalue weighted by atomic mass is 32.1. The lowest BCUT2D eigenvalue weighted by Gasteiger charge is -2.37. The zero-order chi connectivity index (χ0) is 23.2. The number of fused-ring (bicyclic) bond motifs is 1. The van der Waals surface area contributed by atoms with Crippen molar-refractivity contribution in [3.8, 4) is 0 Å². The molecule has 1 aromatic heterocycles. The Morgan fingerprint density at radius 2 is 1.88 bits per heavy atom. The third-order valence-corrected chi connectivity index (χ3v) is 7.17. The highest BCUT2D eigenvalue weighted by Crippen LogP contribution is 2.38. The van der Waals surface area contributed by atoms with Crippen LogP contribution in [0.2, 0.25) is 0 Å². The molecule has 5 heteroatoms. The van der Waals surface area contributed by atoms with E-state index in [1.807, 2.05) is 35.2 Å². The van der Waals surface area contributed by atoms with Crippen LogP contribution in [0, 0.1) is 6.92 Å². The van der Waals surface area contributed by atoms with E-state index >= 15 is 0 Å². The Bertz CT molecular complexity index is 1100. The van der Waals surface area contributed by atoms with Gasteiger partial charge in [-0.05, 0) is 47.9 Å². The van der Waals surface area contributed by atoms with Crippen LogP contribution in [0.1, 0.15) is 39.6 Å². The number of hydrogen-bond acceptors (Lipinski definition) is 3. The predicted molar refractivity (Wildman–Crippen MR) is 134 cm³/mol. The van der Waals surface area contributed by atoms with E-state index in [0.29, 0.717) is 25.9 Å². The van der Waals surface area contributed by atoms with Crippen molar-refractivity contribution in [2.75, 3.05) is 19.6 Å². The van der Waals surface area contributed by atoms with Crippen LogP contribution in [0.5, 0.6) is 0 Å². The summed E-state index contributed by atoms with van der Waals surface area (Å²) in [7, 11) is 0. The molecule has 0 spiro atoms. The maximum absolute atomic E-state index is 13.5. The monoisotopic (exact) mass is 458 g/mol. The van der Waals surface area contributed by atoms with Crippen LogP contribution in [-0.2, 0) is 22.4 Å². The van der Waals surface area contributed by atoms with Crippen LogP contribution in [0.25, 0.3) is 0 Å². The van der Waals surface area contributed by atoms with E-state index in [-0.39, 0.29) is 24.4 Å². The minimum atomic E-state index is -0.113. The summed E-state index contributed by atoms with van der Waals surface area (Å²) >= 11 is 1.76. The Kier molecular flexibility index (Phi) is 7.40. The first-order valence-corrected chi connectivity index (χ1v) is 12.3. The highest BCUT2D eigenvalue weighted by molar-refractivity contribution is 7.10. The summed E-state index contributed by atoms with van der Waals surface area (Å²) in [5, 5.41) is 2.11. The fourth-order valence-electron chi connectivity index (χ4n) is 4.41. The van der Waals surface area contributed by atoms with Gasteiger partial charge in [-0.1, -0.05) is 66.2 Å². The number of aryl methyl sites for hydroxylation is 2. The van der Waals surface area contributed by atoms with E-state index in [4.69, 9.17) is 0 Å². The summed E-state index contributed by atoms with van der Waals surface area (Å²) < 4.78 is 0. The second-order valence-electron chi connectivity index (χ2n) is 8.50. The molecule has 0 fully saturated rings. The number of thiophene rings is 1. The lowest BCUT2D eigenvalue weighted by atomic mass is 9.92. The van der Waals surface area contributed by atoms with Gasteiger partial charge in [-0.2, -0.15) is 0 Å². The van der Waals surface area contributed by atoms with Gasteiger partial charge in [-0.15, -0.1) is 17.9 Å². The molecule has 2 aromatic carbocycles. The van der Waals surface area contributed by atoms with Crippen LogP contribution in [0.3, 0.4) is 0 Å². The number of carbonyl (C=O) groups is 2. The first-order valence-electron chi connectivity index (χ1n) is 11.4. The SMILES string of the molecule is C=CCN(CC(=O)N1CCc2sccc2C1c1ccc(C)cc1)C(=O)CCc1ccccc1. The molecule has 0 aliphatic carbocycles.